The van der Waals surface area contributed by atoms with Gasteiger partial charge < -0.3 is 20.3 Å². The molecule has 2 unspecified atom stereocenters. The third-order valence-electron chi connectivity index (χ3n) is 2.98. The second-order valence-electron chi connectivity index (χ2n) is 6.33. The molecule has 0 aliphatic rings. The first-order valence-corrected chi connectivity index (χ1v) is 7.74. The van der Waals surface area contributed by atoms with E-state index in [4.69, 9.17) is 16.3 Å². The Kier molecular flexibility index (Phi) is 7.04. The van der Waals surface area contributed by atoms with Crippen molar-refractivity contribution in [3.8, 4) is 0 Å². The van der Waals surface area contributed by atoms with Crippen LogP contribution in [0.5, 0.6) is 0 Å². The molecule has 1 rings (SSSR count). The fraction of sp³-hybridized carbons (Fsp3) is 0.600. The molecule has 0 saturated carbocycles. The highest BCUT2D eigenvalue weighted by molar-refractivity contribution is 6.30. The van der Waals surface area contributed by atoms with Crippen LogP contribution in [-0.4, -0.2) is 39.5 Å². The number of nitrogens with one attached hydrogen (secondary N) is 1. The number of ether oxygens (including phenoxy) is 1. The summed E-state index contributed by atoms with van der Waals surface area (Å²) < 4.78 is 43.4. The van der Waals surface area contributed by atoms with E-state index in [1.807, 2.05) is 0 Å². The number of aromatic nitrogens is 1. The third-order valence-corrected chi connectivity index (χ3v) is 3.28. The summed E-state index contributed by atoms with van der Waals surface area (Å²) in [7, 11) is 0. The molecule has 3 N–H and O–H groups in total. The summed E-state index contributed by atoms with van der Waals surface area (Å²) >= 11 is 5.40. The number of pyridine rings is 1. The van der Waals surface area contributed by atoms with Gasteiger partial charge in [0.05, 0.1) is 11.7 Å². The lowest BCUT2D eigenvalue weighted by molar-refractivity contribution is -0.137. The normalized spacial score (nSPS) is 14.8. The molecule has 0 aliphatic heterocycles. The fourth-order valence-corrected chi connectivity index (χ4v) is 2.05. The Labute approximate surface area is 148 Å². The van der Waals surface area contributed by atoms with Gasteiger partial charge in [-0.25, -0.2) is 9.78 Å². The topological polar surface area (TPSA) is 91.7 Å². The van der Waals surface area contributed by atoms with Crippen molar-refractivity contribution in [3.05, 3.63) is 28.5 Å². The maximum atomic E-state index is 12.8. The van der Waals surface area contributed by atoms with Crippen molar-refractivity contribution < 1.29 is 32.9 Å². The van der Waals surface area contributed by atoms with Crippen LogP contribution in [0.4, 0.5) is 18.0 Å². The van der Waals surface area contributed by atoms with Crippen molar-refractivity contribution in [1.29, 1.82) is 0 Å². The largest absolute Gasteiger partial charge is 0.444 e. The molecule has 6 nitrogen and oxygen atoms in total. The highest BCUT2D eigenvalue weighted by atomic mass is 35.5. The lowest BCUT2D eigenvalue weighted by Gasteiger charge is -2.21. The Morgan fingerprint density at radius 3 is 2.48 bits per heavy atom. The molecular formula is C15H20ClF3N2O4. The van der Waals surface area contributed by atoms with Crippen molar-refractivity contribution in [2.45, 2.75) is 51.2 Å². The van der Waals surface area contributed by atoms with Crippen LogP contribution >= 0.6 is 11.6 Å². The van der Waals surface area contributed by atoms with Crippen molar-refractivity contribution in [3.63, 3.8) is 0 Å². The maximum Gasteiger partial charge on any atom is 0.419 e. The summed E-state index contributed by atoms with van der Waals surface area (Å²) in [6.45, 7) is 4.99. The first kappa shape index (κ1) is 21.5. The van der Waals surface area contributed by atoms with Gasteiger partial charge in [0.2, 0.25) is 0 Å². The summed E-state index contributed by atoms with van der Waals surface area (Å²) in [5.74, 6) is 0. The number of alkyl carbamates (subject to hydrolysis) is 1. The fourth-order valence-electron chi connectivity index (χ4n) is 1.84. The zero-order chi connectivity index (χ0) is 19.4. The average Bonchev–Trinajstić information content (AvgIpc) is 2.43. The summed E-state index contributed by atoms with van der Waals surface area (Å²) in [5.41, 5.74) is -2.13. The van der Waals surface area contributed by atoms with Crippen LogP contribution in [0.3, 0.4) is 0 Å². The molecule has 1 aromatic rings. The Morgan fingerprint density at radius 1 is 1.36 bits per heavy atom. The van der Waals surface area contributed by atoms with Crippen molar-refractivity contribution in [1.82, 2.24) is 10.3 Å². The summed E-state index contributed by atoms with van der Waals surface area (Å²) in [6.07, 6.45) is -7.63. The Hall–Kier alpha value is -1.58. The van der Waals surface area contributed by atoms with Gasteiger partial charge >= 0.3 is 12.3 Å². The molecule has 1 heterocycles. The molecule has 1 aromatic heterocycles. The van der Waals surface area contributed by atoms with Crippen molar-refractivity contribution >= 4 is 17.7 Å². The van der Waals surface area contributed by atoms with Crippen molar-refractivity contribution in [2.75, 3.05) is 6.54 Å². The average molecular weight is 385 g/mol. The number of aliphatic hydroxyl groups excluding tert-OH is 2. The molecule has 0 spiro atoms. The highest BCUT2D eigenvalue weighted by Gasteiger charge is 2.35. The zero-order valence-electron chi connectivity index (χ0n) is 13.9. The third kappa shape index (κ3) is 7.05. The molecular weight excluding hydrogens is 365 g/mol. The van der Waals surface area contributed by atoms with E-state index in [2.05, 4.69) is 10.3 Å². The van der Waals surface area contributed by atoms with Gasteiger partial charge in [-0.3, -0.25) is 0 Å². The van der Waals surface area contributed by atoms with E-state index in [0.29, 0.717) is 6.07 Å². The highest BCUT2D eigenvalue weighted by Crippen LogP contribution is 2.35. The smallest absolute Gasteiger partial charge is 0.419 e. The number of hydrogen-bond acceptors (Lipinski definition) is 5. The van der Waals surface area contributed by atoms with Gasteiger partial charge in [0.25, 0.3) is 0 Å². The molecule has 2 atom stereocenters. The van der Waals surface area contributed by atoms with Gasteiger partial charge in [-0.2, -0.15) is 13.2 Å². The van der Waals surface area contributed by atoms with Crippen LogP contribution in [0, 0.1) is 0 Å². The standard InChI is InChI=1S/C15H20ClF3N2O4/c1-14(2,3)25-13(24)20-5-4-10(22)11(23)8-6-9(15(17,18)19)12(16)21-7-8/h6-7,10-11,22-23H,4-5H2,1-3H3,(H,20,24). The number of aliphatic hydroxyl groups is 2. The summed E-state index contributed by atoms with van der Waals surface area (Å²) in [5, 5.41) is 21.5. The van der Waals surface area contributed by atoms with E-state index in [1.54, 1.807) is 20.8 Å². The maximum absolute atomic E-state index is 12.8. The number of amides is 1. The first-order chi connectivity index (χ1) is 11.3. The number of hydrogen-bond donors (Lipinski definition) is 3. The van der Waals surface area contributed by atoms with Gasteiger partial charge in [0, 0.05) is 18.3 Å². The molecule has 10 heteroatoms. The van der Waals surface area contributed by atoms with Gasteiger partial charge in [0.15, 0.2) is 0 Å². The van der Waals surface area contributed by atoms with E-state index in [9.17, 15) is 28.2 Å². The minimum absolute atomic E-state index is 0.0414. The van der Waals surface area contributed by atoms with E-state index < -0.39 is 40.8 Å². The van der Waals surface area contributed by atoms with Crippen LogP contribution in [0.15, 0.2) is 12.3 Å². The van der Waals surface area contributed by atoms with Gasteiger partial charge in [-0.15, -0.1) is 0 Å². The summed E-state index contributed by atoms with van der Waals surface area (Å²) in [6, 6.07) is 0.629. The van der Waals surface area contributed by atoms with Gasteiger partial charge in [-0.05, 0) is 33.3 Å². The second kappa shape index (κ2) is 8.20. The van der Waals surface area contributed by atoms with Crippen LogP contribution in [-0.2, 0) is 10.9 Å². The molecule has 0 saturated heterocycles. The van der Waals surface area contributed by atoms with E-state index in [1.165, 1.54) is 0 Å². The molecule has 142 valence electrons. The minimum Gasteiger partial charge on any atom is -0.444 e. The molecule has 1 amide bonds. The van der Waals surface area contributed by atoms with E-state index >= 15 is 0 Å². The lowest BCUT2D eigenvalue weighted by Crippen LogP contribution is -2.34. The number of rotatable bonds is 5. The predicted octanol–water partition coefficient (Wildman–Crippen LogP) is 3.06. The molecule has 0 aliphatic carbocycles. The first-order valence-electron chi connectivity index (χ1n) is 7.37. The van der Waals surface area contributed by atoms with E-state index in [-0.39, 0.29) is 18.5 Å². The molecule has 0 radical (unpaired) electrons. The van der Waals surface area contributed by atoms with Crippen LogP contribution in [0.1, 0.15) is 44.4 Å². The van der Waals surface area contributed by atoms with Crippen LogP contribution < -0.4 is 5.32 Å². The molecule has 0 bridgehead atoms. The number of nitrogens with zero attached hydrogens (tertiary/aromatic N) is 1. The molecule has 25 heavy (non-hydrogen) atoms. The summed E-state index contributed by atoms with van der Waals surface area (Å²) in [4.78, 5) is 14.8. The Balaban J connectivity index is 2.65. The SMILES string of the molecule is CC(C)(C)OC(=O)NCCC(O)C(O)c1cnc(Cl)c(C(F)(F)F)c1. The monoisotopic (exact) mass is 384 g/mol. The van der Waals surface area contributed by atoms with Crippen LogP contribution in [0.25, 0.3) is 0 Å². The van der Waals surface area contributed by atoms with Gasteiger partial charge in [0.1, 0.15) is 16.9 Å². The second-order valence-corrected chi connectivity index (χ2v) is 6.69. The number of carbonyl (C=O) groups excluding carboxylic acids is 1. The van der Waals surface area contributed by atoms with E-state index in [0.717, 1.165) is 6.20 Å². The minimum atomic E-state index is -4.73. The lowest BCUT2D eigenvalue weighted by atomic mass is 10.0. The zero-order valence-corrected chi connectivity index (χ0v) is 14.6. The Morgan fingerprint density at radius 2 is 1.96 bits per heavy atom. The van der Waals surface area contributed by atoms with Crippen molar-refractivity contribution in [2.24, 2.45) is 0 Å². The van der Waals surface area contributed by atoms with Gasteiger partial charge in [-0.1, -0.05) is 11.6 Å². The predicted molar refractivity (Wildman–Crippen MR) is 84.1 cm³/mol. The molecule has 0 fully saturated rings. The quantitative estimate of drug-likeness (QED) is 0.679. The Bertz CT molecular complexity index is 605. The molecule has 0 aromatic carbocycles. The van der Waals surface area contributed by atoms with Crippen LogP contribution in [0.2, 0.25) is 5.15 Å². The number of carbonyl (C=O) groups is 1. The number of alkyl halides is 3. The number of halogens is 4.